The van der Waals surface area contributed by atoms with Crippen LogP contribution in [-0.2, 0) is 4.79 Å². The first-order valence-electron chi connectivity index (χ1n) is 5.80. The second-order valence-electron chi connectivity index (χ2n) is 4.20. The van der Waals surface area contributed by atoms with Crippen molar-refractivity contribution in [1.29, 1.82) is 0 Å². The SMILES string of the molecule is Nc1[nH]ncc1C(=O)Nc1ccc2c(c1)NC(=O)CO2. The van der Waals surface area contributed by atoms with E-state index in [1.165, 1.54) is 6.20 Å². The zero-order valence-electron chi connectivity index (χ0n) is 10.3. The van der Waals surface area contributed by atoms with E-state index in [-0.39, 0.29) is 29.8 Å². The molecule has 8 heteroatoms. The average molecular weight is 273 g/mol. The van der Waals surface area contributed by atoms with E-state index in [4.69, 9.17) is 10.5 Å². The number of H-pyrrole nitrogens is 1. The summed E-state index contributed by atoms with van der Waals surface area (Å²) in [6.45, 7) is -0.00966. The monoisotopic (exact) mass is 273 g/mol. The summed E-state index contributed by atoms with van der Waals surface area (Å²) in [6, 6.07) is 4.95. The Labute approximate surface area is 113 Å². The number of nitrogen functional groups attached to an aromatic ring is 1. The summed E-state index contributed by atoms with van der Waals surface area (Å²) in [4.78, 5) is 23.2. The van der Waals surface area contributed by atoms with Gasteiger partial charge >= 0.3 is 0 Å². The van der Waals surface area contributed by atoms with Crippen molar-refractivity contribution >= 4 is 29.0 Å². The predicted molar refractivity (Wildman–Crippen MR) is 71.5 cm³/mol. The lowest BCUT2D eigenvalue weighted by atomic mass is 10.2. The Morgan fingerprint density at radius 2 is 2.30 bits per heavy atom. The fourth-order valence-electron chi connectivity index (χ4n) is 1.84. The average Bonchev–Trinajstić information content (AvgIpc) is 2.84. The number of hydrogen-bond acceptors (Lipinski definition) is 5. The van der Waals surface area contributed by atoms with Crippen molar-refractivity contribution < 1.29 is 14.3 Å². The van der Waals surface area contributed by atoms with E-state index >= 15 is 0 Å². The van der Waals surface area contributed by atoms with Gasteiger partial charge in [0.1, 0.15) is 17.1 Å². The molecule has 5 N–H and O–H groups in total. The van der Waals surface area contributed by atoms with Crippen LogP contribution in [0.25, 0.3) is 0 Å². The quantitative estimate of drug-likeness (QED) is 0.637. The van der Waals surface area contributed by atoms with Crippen LogP contribution in [0.1, 0.15) is 10.4 Å². The highest BCUT2D eigenvalue weighted by Crippen LogP contribution is 2.30. The van der Waals surface area contributed by atoms with Gasteiger partial charge in [0.25, 0.3) is 11.8 Å². The number of nitrogens with zero attached hydrogens (tertiary/aromatic N) is 1. The molecule has 0 saturated carbocycles. The number of carbonyl (C=O) groups excluding carboxylic acids is 2. The van der Waals surface area contributed by atoms with Crippen molar-refractivity contribution in [1.82, 2.24) is 10.2 Å². The molecule has 2 aromatic rings. The number of aromatic amines is 1. The maximum atomic E-state index is 12.0. The van der Waals surface area contributed by atoms with Crippen LogP contribution in [0.3, 0.4) is 0 Å². The zero-order valence-corrected chi connectivity index (χ0v) is 10.3. The molecule has 0 aliphatic carbocycles. The molecule has 2 heterocycles. The van der Waals surface area contributed by atoms with Gasteiger partial charge in [-0.25, -0.2) is 0 Å². The van der Waals surface area contributed by atoms with Crippen LogP contribution in [0, 0.1) is 0 Å². The number of nitrogens with one attached hydrogen (secondary N) is 3. The second kappa shape index (κ2) is 4.57. The van der Waals surface area contributed by atoms with Gasteiger partial charge in [0, 0.05) is 5.69 Å². The fraction of sp³-hybridized carbons (Fsp3) is 0.0833. The minimum Gasteiger partial charge on any atom is -0.482 e. The highest BCUT2D eigenvalue weighted by Gasteiger charge is 2.17. The molecule has 0 unspecified atom stereocenters. The minimum absolute atomic E-state index is 0.00966. The molecule has 0 spiro atoms. The number of rotatable bonds is 2. The van der Waals surface area contributed by atoms with Crippen LogP contribution >= 0.6 is 0 Å². The summed E-state index contributed by atoms with van der Waals surface area (Å²) < 4.78 is 5.23. The van der Waals surface area contributed by atoms with E-state index in [2.05, 4.69) is 20.8 Å². The number of aromatic nitrogens is 2. The van der Waals surface area contributed by atoms with Gasteiger partial charge in [0.2, 0.25) is 0 Å². The molecule has 0 fully saturated rings. The number of carbonyl (C=O) groups is 2. The maximum Gasteiger partial charge on any atom is 0.262 e. The molecule has 0 saturated heterocycles. The molecule has 1 aromatic carbocycles. The van der Waals surface area contributed by atoms with Crippen molar-refractivity contribution in [3.05, 3.63) is 30.0 Å². The Morgan fingerprint density at radius 1 is 1.45 bits per heavy atom. The Balaban J connectivity index is 1.82. The second-order valence-corrected chi connectivity index (χ2v) is 4.20. The van der Waals surface area contributed by atoms with E-state index < -0.39 is 0 Å². The van der Waals surface area contributed by atoms with Gasteiger partial charge in [-0.2, -0.15) is 5.10 Å². The Hall–Kier alpha value is -3.03. The molecule has 0 radical (unpaired) electrons. The van der Waals surface area contributed by atoms with Crippen molar-refractivity contribution in [3.63, 3.8) is 0 Å². The highest BCUT2D eigenvalue weighted by molar-refractivity contribution is 6.07. The molecule has 2 amide bonds. The number of anilines is 3. The number of fused-ring (bicyclic) bond motifs is 1. The molecule has 8 nitrogen and oxygen atoms in total. The lowest BCUT2D eigenvalue weighted by Gasteiger charge is -2.18. The van der Waals surface area contributed by atoms with Crippen LogP contribution in [0.15, 0.2) is 24.4 Å². The van der Waals surface area contributed by atoms with Crippen molar-refractivity contribution in [2.24, 2.45) is 0 Å². The summed E-state index contributed by atoms with van der Waals surface area (Å²) in [5.41, 5.74) is 6.85. The third kappa shape index (κ3) is 2.14. The van der Waals surface area contributed by atoms with E-state index in [0.29, 0.717) is 17.1 Å². The third-order valence-electron chi connectivity index (χ3n) is 2.78. The van der Waals surface area contributed by atoms with Crippen LogP contribution in [0.2, 0.25) is 0 Å². The lowest BCUT2D eigenvalue weighted by molar-refractivity contribution is -0.118. The zero-order chi connectivity index (χ0) is 14.1. The summed E-state index contributed by atoms with van der Waals surface area (Å²) in [7, 11) is 0. The van der Waals surface area contributed by atoms with Gasteiger partial charge in [-0.15, -0.1) is 0 Å². The largest absolute Gasteiger partial charge is 0.482 e. The van der Waals surface area contributed by atoms with E-state index in [0.717, 1.165) is 0 Å². The number of nitrogens with two attached hydrogens (primary N) is 1. The standard InChI is InChI=1S/C12H11N5O3/c13-11-7(4-14-17-11)12(19)15-6-1-2-9-8(3-6)16-10(18)5-20-9/h1-4H,5H2,(H,15,19)(H,16,18)(H3,13,14,17). The first-order chi connectivity index (χ1) is 9.63. The van der Waals surface area contributed by atoms with Gasteiger partial charge in [0.15, 0.2) is 6.61 Å². The van der Waals surface area contributed by atoms with Crippen molar-refractivity contribution in [3.8, 4) is 5.75 Å². The Kier molecular flexibility index (Phi) is 2.75. The first kappa shape index (κ1) is 12.0. The molecule has 1 aromatic heterocycles. The lowest BCUT2D eigenvalue weighted by Crippen LogP contribution is -2.25. The number of amides is 2. The highest BCUT2D eigenvalue weighted by atomic mass is 16.5. The first-order valence-corrected chi connectivity index (χ1v) is 5.80. The smallest absolute Gasteiger partial charge is 0.262 e. The molecular weight excluding hydrogens is 262 g/mol. The molecule has 102 valence electrons. The minimum atomic E-state index is -0.390. The molecule has 0 bridgehead atoms. The van der Waals surface area contributed by atoms with Crippen molar-refractivity contribution in [2.75, 3.05) is 23.0 Å². The topological polar surface area (TPSA) is 122 Å². The van der Waals surface area contributed by atoms with Crippen LogP contribution in [-0.4, -0.2) is 28.6 Å². The van der Waals surface area contributed by atoms with Gasteiger partial charge in [0.05, 0.1) is 11.9 Å². The van der Waals surface area contributed by atoms with Gasteiger partial charge in [-0.05, 0) is 18.2 Å². The van der Waals surface area contributed by atoms with E-state index in [1.807, 2.05) is 0 Å². The summed E-state index contributed by atoms with van der Waals surface area (Å²) in [6.07, 6.45) is 1.34. The fourth-order valence-corrected chi connectivity index (χ4v) is 1.84. The summed E-state index contributed by atoms with van der Waals surface area (Å²) in [5, 5.41) is 11.5. The predicted octanol–water partition coefficient (Wildman–Crippen LogP) is 0.575. The van der Waals surface area contributed by atoms with Gasteiger partial charge in [-0.3, -0.25) is 14.7 Å². The third-order valence-corrected chi connectivity index (χ3v) is 2.78. The summed E-state index contributed by atoms with van der Waals surface area (Å²) in [5.74, 6) is 0.127. The number of benzene rings is 1. The van der Waals surface area contributed by atoms with Crippen LogP contribution < -0.4 is 21.1 Å². The molecule has 1 aliphatic heterocycles. The molecule has 1 aliphatic rings. The summed E-state index contributed by atoms with van der Waals surface area (Å²) >= 11 is 0. The van der Waals surface area contributed by atoms with Crippen molar-refractivity contribution in [2.45, 2.75) is 0 Å². The van der Waals surface area contributed by atoms with Gasteiger partial charge in [-0.1, -0.05) is 0 Å². The van der Waals surface area contributed by atoms with Gasteiger partial charge < -0.3 is 21.1 Å². The molecule has 20 heavy (non-hydrogen) atoms. The number of ether oxygens (including phenoxy) is 1. The molecule has 3 rings (SSSR count). The number of hydrogen-bond donors (Lipinski definition) is 4. The Bertz CT molecular complexity index is 694. The van der Waals surface area contributed by atoms with E-state index in [9.17, 15) is 9.59 Å². The Morgan fingerprint density at radius 3 is 3.05 bits per heavy atom. The maximum absolute atomic E-state index is 12.0. The van der Waals surface area contributed by atoms with Crippen LogP contribution in [0.4, 0.5) is 17.2 Å². The molecule has 0 atom stereocenters. The van der Waals surface area contributed by atoms with E-state index in [1.54, 1.807) is 18.2 Å². The normalized spacial score (nSPS) is 13.1. The van der Waals surface area contributed by atoms with Crippen LogP contribution in [0.5, 0.6) is 5.75 Å². The molecular formula is C12H11N5O3.